The van der Waals surface area contributed by atoms with Crippen LogP contribution in [0.25, 0.3) is 11.3 Å². The largest absolute Gasteiger partial charge is 0.496 e. The van der Waals surface area contributed by atoms with E-state index >= 15 is 0 Å². The number of thiazole rings is 1. The van der Waals surface area contributed by atoms with E-state index in [1.807, 2.05) is 40.8 Å². The summed E-state index contributed by atoms with van der Waals surface area (Å²) < 4.78 is 7.38. The predicted octanol–water partition coefficient (Wildman–Crippen LogP) is 3.64. The Morgan fingerprint density at radius 1 is 1.38 bits per heavy atom. The average Bonchev–Trinajstić information content (AvgIpc) is 3.41. The predicted molar refractivity (Wildman–Crippen MR) is 113 cm³/mol. The molecule has 1 aliphatic rings. The lowest BCUT2D eigenvalue weighted by atomic mass is 9.99. The van der Waals surface area contributed by atoms with Crippen molar-refractivity contribution in [1.82, 2.24) is 24.8 Å². The van der Waals surface area contributed by atoms with Crippen molar-refractivity contribution in [3.63, 3.8) is 0 Å². The molecule has 1 unspecified atom stereocenters. The Bertz CT molecular complexity index is 983. The fourth-order valence-corrected chi connectivity index (χ4v) is 4.60. The van der Waals surface area contributed by atoms with Gasteiger partial charge in [-0.05, 0) is 25.0 Å². The van der Waals surface area contributed by atoms with Crippen molar-refractivity contribution in [3.8, 4) is 17.0 Å². The van der Waals surface area contributed by atoms with Gasteiger partial charge in [0.15, 0.2) is 0 Å². The number of benzene rings is 1. The maximum atomic E-state index is 12.6. The zero-order chi connectivity index (χ0) is 20.2. The van der Waals surface area contributed by atoms with Crippen LogP contribution in [0.3, 0.4) is 0 Å². The molecular formula is C21H25N5O2S. The maximum absolute atomic E-state index is 12.6. The van der Waals surface area contributed by atoms with Gasteiger partial charge in [-0.25, -0.2) is 14.8 Å². The molecule has 1 aliphatic heterocycles. The molecule has 0 radical (unpaired) electrons. The second kappa shape index (κ2) is 8.65. The highest BCUT2D eigenvalue weighted by molar-refractivity contribution is 7.10. The van der Waals surface area contributed by atoms with Crippen molar-refractivity contribution in [3.05, 3.63) is 52.9 Å². The first-order valence-corrected chi connectivity index (χ1v) is 10.6. The number of aryl methyl sites for hydroxylation is 1. The molecule has 1 saturated heterocycles. The van der Waals surface area contributed by atoms with Crippen LogP contribution in [-0.4, -0.2) is 45.7 Å². The van der Waals surface area contributed by atoms with E-state index in [0.717, 1.165) is 47.1 Å². The lowest BCUT2D eigenvalue weighted by Crippen LogP contribution is -2.44. The van der Waals surface area contributed by atoms with Gasteiger partial charge in [0.1, 0.15) is 5.75 Å². The van der Waals surface area contributed by atoms with Gasteiger partial charge in [-0.1, -0.05) is 12.1 Å². The molecule has 0 spiro atoms. The van der Waals surface area contributed by atoms with Crippen molar-refractivity contribution >= 4 is 17.4 Å². The summed E-state index contributed by atoms with van der Waals surface area (Å²) >= 11 is 1.66. The highest BCUT2D eigenvalue weighted by atomic mass is 32.1. The number of rotatable bonds is 5. The molecule has 1 atom stereocenters. The van der Waals surface area contributed by atoms with Crippen LogP contribution >= 0.6 is 11.3 Å². The molecule has 2 aromatic heterocycles. The van der Waals surface area contributed by atoms with Crippen LogP contribution in [0.2, 0.25) is 0 Å². The summed E-state index contributed by atoms with van der Waals surface area (Å²) in [7, 11) is 3.60. The third-order valence-electron chi connectivity index (χ3n) is 5.30. The molecule has 2 amide bonds. The molecular weight excluding hydrogens is 386 g/mol. The Morgan fingerprint density at radius 3 is 3.03 bits per heavy atom. The molecule has 0 bridgehead atoms. The quantitative estimate of drug-likeness (QED) is 0.696. The number of likely N-dealkylation sites (tertiary alicyclic amines) is 1. The van der Waals surface area contributed by atoms with Crippen LogP contribution in [0.5, 0.6) is 5.75 Å². The summed E-state index contributed by atoms with van der Waals surface area (Å²) in [6.07, 6.45) is 5.53. The van der Waals surface area contributed by atoms with Crippen LogP contribution < -0.4 is 10.1 Å². The third kappa shape index (κ3) is 4.27. The Labute approximate surface area is 174 Å². The Balaban J connectivity index is 1.41. The smallest absolute Gasteiger partial charge is 0.317 e. The molecule has 1 fully saturated rings. The minimum absolute atomic E-state index is 0.0302. The molecule has 1 aromatic carbocycles. The molecule has 3 heterocycles. The highest BCUT2D eigenvalue weighted by Crippen LogP contribution is 2.35. The fraction of sp³-hybridized carbons (Fsp3) is 0.381. The minimum atomic E-state index is -0.0302. The van der Waals surface area contributed by atoms with E-state index in [1.165, 1.54) is 0 Å². The number of imidazole rings is 1. The standard InChI is InChI=1S/C21H25N5O2S/c1-25-14-22-10-16(25)11-23-21(27)26-9-5-6-15(12-26)20-24-18(13-29-20)17-7-3-4-8-19(17)28-2/h3-4,7-8,10,13-15H,5-6,9,11-12H2,1-2H3,(H,23,27). The van der Waals surface area contributed by atoms with E-state index in [1.54, 1.807) is 31.0 Å². The Morgan fingerprint density at radius 2 is 2.24 bits per heavy atom. The molecule has 1 N–H and O–H groups in total. The summed E-state index contributed by atoms with van der Waals surface area (Å²) in [6.45, 7) is 1.94. The van der Waals surface area contributed by atoms with Crippen molar-refractivity contribution in [2.24, 2.45) is 7.05 Å². The van der Waals surface area contributed by atoms with Gasteiger partial charge in [0.25, 0.3) is 0 Å². The first kappa shape index (κ1) is 19.4. The van der Waals surface area contributed by atoms with E-state index in [9.17, 15) is 4.79 Å². The van der Waals surface area contributed by atoms with Crippen LogP contribution in [0.4, 0.5) is 4.79 Å². The summed E-state index contributed by atoms with van der Waals surface area (Å²) in [6, 6.07) is 7.89. The van der Waals surface area contributed by atoms with E-state index in [0.29, 0.717) is 13.1 Å². The van der Waals surface area contributed by atoms with Gasteiger partial charge in [-0.15, -0.1) is 11.3 Å². The fourth-order valence-electron chi connectivity index (χ4n) is 3.65. The number of nitrogens with one attached hydrogen (secondary N) is 1. The van der Waals surface area contributed by atoms with Gasteiger partial charge in [-0.3, -0.25) is 0 Å². The number of carbonyl (C=O) groups excluding carboxylic acids is 1. The Hall–Kier alpha value is -2.87. The second-order valence-electron chi connectivity index (χ2n) is 7.21. The molecule has 8 heteroatoms. The molecule has 152 valence electrons. The van der Waals surface area contributed by atoms with Gasteiger partial charge >= 0.3 is 6.03 Å². The number of hydrogen-bond donors (Lipinski definition) is 1. The van der Waals surface area contributed by atoms with Crippen molar-refractivity contribution in [2.75, 3.05) is 20.2 Å². The van der Waals surface area contributed by atoms with Crippen molar-refractivity contribution in [2.45, 2.75) is 25.3 Å². The van der Waals surface area contributed by atoms with Gasteiger partial charge in [0, 0.05) is 43.2 Å². The third-order valence-corrected chi connectivity index (χ3v) is 6.31. The van der Waals surface area contributed by atoms with Crippen LogP contribution in [0, 0.1) is 0 Å². The number of hydrogen-bond acceptors (Lipinski definition) is 5. The summed E-state index contributed by atoms with van der Waals surface area (Å²) in [5.74, 6) is 1.09. The van der Waals surface area contributed by atoms with Gasteiger partial charge in [-0.2, -0.15) is 0 Å². The number of nitrogens with zero attached hydrogens (tertiary/aromatic N) is 4. The van der Waals surface area contributed by atoms with Crippen LogP contribution in [0.1, 0.15) is 29.5 Å². The number of aromatic nitrogens is 3. The molecule has 29 heavy (non-hydrogen) atoms. The average molecular weight is 412 g/mol. The first-order chi connectivity index (χ1) is 14.2. The number of carbonyl (C=O) groups is 1. The van der Waals surface area contributed by atoms with Crippen molar-refractivity contribution in [1.29, 1.82) is 0 Å². The summed E-state index contributed by atoms with van der Waals surface area (Å²) in [5.41, 5.74) is 2.91. The van der Waals surface area contributed by atoms with Crippen molar-refractivity contribution < 1.29 is 9.53 Å². The Kier molecular flexibility index (Phi) is 5.80. The lowest BCUT2D eigenvalue weighted by Gasteiger charge is -2.31. The first-order valence-electron chi connectivity index (χ1n) is 9.72. The molecule has 7 nitrogen and oxygen atoms in total. The monoisotopic (exact) mass is 411 g/mol. The zero-order valence-electron chi connectivity index (χ0n) is 16.7. The molecule has 0 saturated carbocycles. The SMILES string of the molecule is COc1ccccc1-c1csc(C2CCCN(C(=O)NCc3cncn3C)C2)n1. The molecule has 0 aliphatic carbocycles. The van der Waals surface area contributed by atoms with E-state index in [-0.39, 0.29) is 11.9 Å². The zero-order valence-corrected chi connectivity index (χ0v) is 17.5. The van der Waals surface area contributed by atoms with E-state index in [4.69, 9.17) is 9.72 Å². The maximum Gasteiger partial charge on any atom is 0.317 e. The van der Waals surface area contributed by atoms with E-state index < -0.39 is 0 Å². The number of methoxy groups -OCH3 is 1. The lowest BCUT2D eigenvalue weighted by molar-refractivity contribution is 0.179. The summed E-state index contributed by atoms with van der Waals surface area (Å²) in [4.78, 5) is 23.5. The number of para-hydroxylation sites is 1. The van der Waals surface area contributed by atoms with Gasteiger partial charge in [0.05, 0.1) is 36.4 Å². The van der Waals surface area contributed by atoms with Crippen LogP contribution in [-0.2, 0) is 13.6 Å². The number of urea groups is 1. The minimum Gasteiger partial charge on any atom is -0.496 e. The van der Waals surface area contributed by atoms with Gasteiger partial charge < -0.3 is 19.5 Å². The highest BCUT2D eigenvalue weighted by Gasteiger charge is 2.27. The topological polar surface area (TPSA) is 72.3 Å². The van der Waals surface area contributed by atoms with Crippen LogP contribution in [0.15, 0.2) is 42.2 Å². The second-order valence-corrected chi connectivity index (χ2v) is 8.10. The molecule has 3 aromatic rings. The molecule has 4 rings (SSSR count). The summed E-state index contributed by atoms with van der Waals surface area (Å²) in [5, 5.41) is 6.16. The normalized spacial score (nSPS) is 16.6. The number of ether oxygens (including phenoxy) is 1. The van der Waals surface area contributed by atoms with E-state index in [2.05, 4.69) is 15.7 Å². The number of amides is 2. The van der Waals surface area contributed by atoms with Gasteiger partial charge in [0.2, 0.25) is 0 Å². The number of piperidine rings is 1.